The van der Waals surface area contributed by atoms with Crippen molar-refractivity contribution in [2.75, 3.05) is 12.8 Å². The predicted molar refractivity (Wildman–Crippen MR) is 78.0 cm³/mol. The van der Waals surface area contributed by atoms with Gasteiger partial charge in [0.25, 0.3) is 0 Å². The van der Waals surface area contributed by atoms with E-state index in [0.29, 0.717) is 23.8 Å². The molecule has 0 unspecified atom stereocenters. The lowest BCUT2D eigenvalue weighted by Crippen LogP contribution is -1.97. The number of hydrogen-bond donors (Lipinski definition) is 1. The Bertz CT molecular complexity index is 733. The number of para-hydroxylation sites is 2. The first-order valence-corrected chi connectivity index (χ1v) is 6.29. The van der Waals surface area contributed by atoms with E-state index in [0.717, 1.165) is 16.5 Å². The number of hydrogen-bond acceptors (Lipinski definition) is 4. The van der Waals surface area contributed by atoms with Gasteiger partial charge in [-0.2, -0.15) is 0 Å². The lowest BCUT2D eigenvalue weighted by atomic mass is 10.1. The van der Waals surface area contributed by atoms with Crippen LogP contribution in [0.25, 0.3) is 11.0 Å². The van der Waals surface area contributed by atoms with Gasteiger partial charge in [0.2, 0.25) is 0 Å². The summed E-state index contributed by atoms with van der Waals surface area (Å²) in [5.74, 6) is 1.41. The maximum Gasteiger partial charge on any atom is 0.161 e. The van der Waals surface area contributed by atoms with E-state index in [9.17, 15) is 0 Å². The van der Waals surface area contributed by atoms with Gasteiger partial charge in [0.05, 0.1) is 13.4 Å². The van der Waals surface area contributed by atoms with Crippen molar-refractivity contribution in [1.29, 1.82) is 0 Å². The van der Waals surface area contributed by atoms with Gasteiger partial charge in [-0.15, -0.1) is 0 Å². The van der Waals surface area contributed by atoms with Crippen molar-refractivity contribution in [2.45, 2.75) is 6.61 Å². The Kier molecular flexibility index (Phi) is 3.21. The van der Waals surface area contributed by atoms with E-state index in [1.165, 1.54) is 0 Å². The van der Waals surface area contributed by atoms with Crippen LogP contribution in [0.3, 0.4) is 0 Å². The third kappa shape index (κ3) is 2.28. The monoisotopic (exact) mass is 269 g/mol. The maximum absolute atomic E-state index is 5.80. The quantitative estimate of drug-likeness (QED) is 0.735. The molecular formula is C16H15NO3. The standard InChI is InChI=1S/C16H15NO3/c1-18-15-4-2-3-5-16(15)20-10-11-9-19-14-7-6-12(17)8-13(11)14/h2-9H,10,17H2,1H3. The highest BCUT2D eigenvalue weighted by molar-refractivity contribution is 5.84. The first-order chi connectivity index (χ1) is 9.78. The molecule has 0 atom stereocenters. The first kappa shape index (κ1) is 12.4. The minimum atomic E-state index is 0.400. The molecule has 0 saturated carbocycles. The molecule has 0 aliphatic carbocycles. The van der Waals surface area contributed by atoms with Crippen molar-refractivity contribution in [2.24, 2.45) is 0 Å². The Hall–Kier alpha value is -2.62. The van der Waals surface area contributed by atoms with Gasteiger partial charge in [-0.3, -0.25) is 0 Å². The smallest absolute Gasteiger partial charge is 0.161 e. The van der Waals surface area contributed by atoms with Crippen molar-refractivity contribution in [3.63, 3.8) is 0 Å². The second-order valence-electron chi connectivity index (χ2n) is 4.46. The topological polar surface area (TPSA) is 57.6 Å². The minimum Gasteiger partial charge on any atom is -0.493 e. The van der Waals surface area contributed by atoms with Gasteiger partial charge in [-0.25, -0.2) is 0 Å². The number of nitrogen functional groups attached to an aromatic ring is 1. The van der Waals surface area contributed by atoms with E-state index in [2.05, 4.69) is 0 Å². The van der Waals surface area contributed by atoms with Gasteiger partial charge in [-0.1, -0.05) is 12.1 Å². The summed E-state index contributed by atoms with van der Waals surface area (Å²) in [6.45, 7) is 0.400. The van der Waals surface area contributed by atoms with Crippen molar-refractivity contribution in [1.82, 2.24) is 0 Å². The molecule has 2 N–H and O–H groups in total. The Morgan fingerprint density at radius 2 is 1.90 bits per heavy atom. The summed E-state index contributed by atoms with van der Waals surface area (Å²) in [6.07, 6.45) is 1.69. The molecule has 20 heavy (non-hydrogen) atoms. The zero-order chi connectivity index (χ0) is 13.9. The van der Waals surface area contributed by atoms with Crippen LogP contribution in [0.4, 0.5) is 5.69 Å². The van der Waals surface area contributed by atoms with Gasteiger partial charge >= 0.3 is 0 Å². The number of furan rings is 1. The lowest BCUT2D eigenvalue weighted by molar-refractivity contribution is 0.284. The Morgan fingerprint density at radius 1 is 1.10 bits per heavy atom. The number of methoxy groups -OCH3 is 1. The number of ether oxygens (including phenoxy) is 2. The summed E-state index contributed by atoms with van der Waals surface area (Å²) in [6, 6.07) is 13.1. The van der Waals surface area contributed by atoms with Gasteiger partial charge in [-0.05, 0) is 30.3 Å². The van der Waals surface area contributed by atoms with Crippen LogP contribution in [-0.2, 0) is 6.61 Å². The van der Waals surface area contributed by atoms with Gasteiger partial charge < -0.3 is 19.6 Å². The number of fused-ring (bicyclic) bond motifs is 1. The highest BCUT2D eigenvalue weighted by Gasteiger charge is 2.08. The minimum absolute atomic E-state index is 0.400. The summed E-state index contributed by atoms with van der Waals surface area (Å²) in [7, 11) is 1.62. The third-order valence-electron chi connectivity index (χ3n) is 3.13. The Balaban J connectivity index is 1.85. The zero-order valence-electron chi connectivity index (χ0n) is 11.1. The predicted octanol–water partition coefficient (Wildman–Crippen LogP) is 3.60. The van der Waals surface area contributed by atoms with Crippen LogP contribution in [0.5, 0.6) is 11.5 Å². The maximum atomic E-state index is 5.80. The van der Waals surface area contributed by atoms with E-state index >= 15 is 0 Å². The molecule has 1 heterocycles. The molecule has 3 rings (SSSR count). The molecule has 0 radical (unpaired) electrons. The third-order valence-corrected chi connectivity index (χ3v) is 3.13. The fourth-order valence-corrected chi connectivity index (χ4v) is 2.10. The van der Waals surface area contributed by atoms with E-state index in [4.69, 9.17) is 19.6 Å². The molecule has 0 spiro atoms. The van der Waals surface area contributed by atoms with Crippen LogP contribution in [0, 0.1) is 0 Å². The summed E-state index contributed by atoms with van der Waals surface area (Å²) in [4.78, 5) is 0. The molecule has 0 amide bonds. The van der Waals surface area contributed by atoms with Crippen molar-refractivity contribution < 1.29 is 13.9 Å². The molecule has 4 nitrogen and oxygen atoms in total. The summed E-state index contributed by atoms with van der Waals surface area (Å²) in [5, 5.41) is 0.972. The zero-order valence-corrected chi connectivity index (χ0v) is 11.1. The number of anilines is 1. The van der Waals surface area contributed by atoms with Crippen LogP contribution >= 0.6 is 0 Å². The molecule has 4 heteroatoms. The van der Waals surface area contributed by atoms with Crippen LogP contribution in [-0.4, -0.2) is 7.11 Å². The normalized spacial score (nSPS) is 10.7. The first-order valence-electron chi connectivity index (χ1n) is 6.29. The molecule has 2 aromatic carbocycles. The van der Waals surface area contributed by atoms with Crippen molar-refractivity contribution in [3.05, 3.63) is 54.3 Å². The van der Waals surface area contributed by atoms with Crippen LogP contribution in [0.2, 0.25) is 0 Å². The van der Waals surface area contributed by atoms with E-state index in [-0.39, 0.29) is 0 Å². The largest absolute Gasteiger partial charge is 0.493 e. The summed E-state index contributed by atoms with van der Waals surface area (Å²) in [5.41, 5.74) is 8.27. The SMILES string of the molecule is COc1ccccc1OCc1coc2ccc(N)cc12. The number of rotatable bonds is 4. The molecule has 1 aromatic heterocycles. The van der Waals surface area contributed by atoms with E-state index in [1.54, 1.807) is 13.4 Å². The Morgan fingerprint density at radius 3 is 2.70 bits per heavy atom. The molecule has 0 bridgehead atoms. The fraction of sp³-hybridized carbons (Fsp3) is 0.125. The van der Waals surface area contributed by atoms with Crippen molar-refractivity contribution in [3.8, 4) is 11.5 Å². The van der Waals surface area contributed by atoms with E-state index in [1.807, 2.05) is 42.5 Å². The second-order valence-corrected chi connectivity index (χ2v) is 4.46. The molecule has 0 aliphatic rings. The number of benzene rings is 2. The van der Waals surface area contributed by atoms with Gasteiger partial charge in [0.1, 0.15) is 12.2 Å². The Labute approximate surface area is 116 Å². The molecule has 3 aromatic rings. The van der Waals surface area contributed by atoms with Gasteiger partial charge in [0, 0.05) is 16.6 Å². The molecule has 102 valence electrons. The van der Waals surface area contributed by atoms with Crippen molar-refractivity contribution >= 4 is 16.7 Å². The van der Waals surface area contributed by atoms with Gasteiger partial charge in [0.15, 0.2) is 11.5 Å². The van der Waals surface area contributed by atoms with E-state index < -0.39 is 0 Å². The van der Waals surface area contributed by atoms with Crippen LogP contribution < -0.4 is 15.2 Å². The number of nitrogens with two attached hydrogens (primary N) is 1. The second kappa shape index (κ2) is 5.17. The highest BCUT2D eigenvalue weighted by Crippen LogP contribution is 2.29. The summed E-state index contributed by atoms with van der Waals surface area (Å²) >= 11 is 0. The fourth-order valence-electron chi connectivity index (χ4n) is 2.10. The highest BCUT2D eigenvalue weighted by atomic mass is 16.5. The lowest BCUT2D eigenvalue weighted by Gasteiger charge is -2.09. The molecular weight excluding hydrogens is 254 g/mol. The molecule has 0 saturated heterocycles. The average Bonchev–Trinajstić information content (AvgIpc) is 2.87. The molecule has 0 fully saturated rings. The average molecular weight is 269 g/mol. The summed E-state index contributed by atoms with van der Waals surface area (Å²) < 4.78 is 16.5. The van der Waals surface area contributed by atoms with Crippen LogP contribution in [0.15, 0.2) is 53.1 Å². The molecule has 0 aliphatic heterocycles. The van der Waals surface area contributed by atoms with Crippen LogP contribution in [0.1, 0.15) is 5.56 Å².